The molecule has 0 unspecified atom stereocenters. The quantitative estimate of drug-likeness (QED) is 0.528. The lowest BCUT2D eigenvalue weighted by Crippen LogP contribution is -2.47. The number of likely N-dealkylation sites (N-methyl/N-ethyl adjacent to an activating group) is 1. The van der Waals surface area contributed by atoms with E-state index < -0.39 is 0 Å². The van der Waals surface area contributed by atoms with Gasteiger partial charge in [0, 0.05) is 50.5 Å². The molecule has 7 nitrogen and oxygen atoms in total. The Balaban J connectivity index is 1.40. The summed E-state index contributed by atoms with van der Waals surface area (Å²) in [6, 6.07) is 15.9. The predicted octanol–water partition coefficient (Wildman–Crippen LogP) is 2.53. The molecular weight excluding hydrogens is 427 g/mol. The largest absolute Gasteiger partial charge is 0.354 e. The Morgan fingerprint density at radius 1 is 1.03 bits per heavy atom. The van der Waals surface area contributed by atoms with Crippen LogP contribution < -0.4 is 5.32 Å². The summed E-state index contributed by atoms with van der Waals surface area (Å²) in [7, 11) is 2.13. The summed E-state index contributed by atoms with van der Waals surface area (Å²) < 4.78 is 15.3. The summed E-state index contributed by atoms with van der Waals surface area (Å²) in [4.78, 5) is 17.1. The average Bonchev–Trinajstić information content (AvgIpc) is 3.24. The van der Waals surface area contributed by atoms with Gasteiger partial charge in [-0.25, -0.2) is 4.39 Å². The Bertz CT molecular complexity index is 1020. The molecule has 2 aromatic carbocycles. The van der Waals surface area contributed by atoms with Crippen molar-refractivity contribution in [1.29, 1.82) is 0 Å². The van der Waals surface area contributed by atoms with Gasteiger partial charge in [-0.2, -0.15) is 0 Å². The van der Waals surface area contributed by atoms with Crippen molar-refractivity contribution in [3.63, 3.8) is 0 Å². The van der Waals surface area contributed by atoms with Crippen molar-refractivity contribution in [3.8, 4) is 17.1 Å². The molecule has 1 amide bonds. The molecule has 1 aromatic heterocycles. The number of aromatic nitrogens is 3. The maximum absolute atomic E-state index is 13.4. The highest BCUT2D eigenvalue weighted by molar-refractivity contribution is 7.99. The summed E-state index contributed by atoms with van der Waals surface area (Å²) in [6.07, 6.45) is 0. The highest BCUT2D eigenvalue weighted by Crippen LogP contribution is 2.28. The second-order valence-corrected chi connectivity index (χ2v) is 8.71. The lowest BCUT2D eigenvalue weighted by atomic mass is 10.2. The Labute approximate surface area is 191 Å². The van der Waals surface area contributed by atoms with Gasteiger partial charge in [0.2, 0.25) is 5.91 Å². The number of piperazine rings is 1. The third-order valence-electron chi connectivity index (χ3n) is 5.43. The minimum Gasteiger partial charge on any atom is -0.354 e. The second kappa shape index (κ2) is 10.7. The van der Waals surface area contributed by atoms with E-state index in [-0.39, 0.29) is 17.5 Å². The van der Waals surface area contributed by atoms with Crippen LogP contribution in [-0.2, 0) is 4.79 Å². The number of hydrogen-bond acceptors (Lipinski definition) is 6. The predicted molar refractivity (Wildman–Crippen MR) is 124 cm³/mol. The lowest BCUT2D eigenvalue weighted by molar-refractivity contribution is -0.118. The number of benzene rings is 2. The van der Waals surface area contributed by atoms with E-state index in [1.54, 1.807) is 12.1 Å². The second-order valence-electron chi connectivity index (χ2n) is 7.77. The topological polar surface area (TPSA) is 66.3 Å². The number of rotatable bonds is 8. The number of amides is 1. The van der Waals surface area contributed by atoms with E-state index in [4.69, 9.17) is 0 Å². The Morgan fingerprint density at radius 2 is 1.75 bits per heavy atom. The van der Waals surface area contributed by atoms with Gasteiger partial charge in [-0.3, -0.25) is 14.3 Å². The summed E-state index contributed by atoms with van der Waals surface area (Å²) in [5.74, 6) is 0.517. The molecule has 3 aromatic rings. The average molecular weight is 455 g/mol. The number of nitrogens with zero attached hydrogens (tertiary/aromatic N) is 5. The first-order valence-electron chi connectivity index (χ1n) is 10.7. The van der Waals surface area contributed by atoms with Gasteiger partial charge in [-0.1, -0.05) is 30.0 Å². The molecule has 9 heteroatoms. The highest BCUT2D eigenvalue weighted by Gasteiger charge is 2.18. The first kappa shape index (κ1) is 22.4. The van der Waals surface area contributed by atoms with Crippen molar-refractivity contribution < 1.29 is 9.18 Å². The van der Waals surface area contributed by atoms with Crippen LogP contribution in [0.1, 0.15) is 0 Å². The number of hydrogen-bond donors (Lipinski definition) is 1. The van der Waals surface area contributed by atoms with Crippen LogP contribution in [0.25, 0.3) is 17.1 Å². The minimum atomic E-state index is -0.303. The van der Waals surface area contributed by atoms with E-state index in [0.717, 1.165) is 44.0 Å². The molecule has 2 heterocycles. The molecule has 0 bridgehead atoms. The molecule has 0 radical (unpaired) electrons. The van der Waals surface area contributed by atoms with Crippen molar-refractivity contribution in [2.24, 2.45) is 0 Å². The monoisotopic (exact) mass is 454 g/mol. The number of carbonyl (C=O) groups excluding carboxylic acids is 1. The molecular formula is C23H27FN6OS. The van der Waals surface area contributed by atoms with Crippen LogP contribution in [-0.4, -0.2) is 82.5 Å². The number of nitrogens with one attached hydrogen (secondary N) is 1. The van der Waals surface area contributed by atoms with Crippen molar-refractivity contribution in [3.05, 3.63) is 60.4 Å². The van der Waals surface area contributed by atoms with Gasteiger partial charge in [0.05, 0.1) is 5.75 Å². The third kappa shape index (κ3) is 5.73. The Hall–Kier alpha value is -2.75. The minimum absolute atomic E-state index is 0.0323. The molecule has 1 fully saturated rings. The zero-order chi connectivity index (χ0) is 22.3. The number of thioether (sulfide) groups is 1. The highest BCUT2D eigenvalue weighted by atomic mass is 32.2. The SMILES string of the molecule is CN1CCN(CCNC(=O)CSc2nnc(-c3ccc(F)cc3)n2-c2ccccc2)CC1. The van der Waals surface area contributed by atoms with E-state index in [1.165, 1.54) is 23.9 Å². The van der Waals surface area contributed by atoms with E-state index in [1.807, 2.05) is 34.9 Å². The maximum Gasteiger partial charge on any atom is 0.230 e. The fraction of sp³-hybridized carbons (Fsp3) is 0.348. The number of halogens is 1. The van der Waals surface area contributed by atoms with Gasteiger partial charge in [-0.15, -0.1) is 10.2 Å². The van der Waals surface area contributed by atoms with Crippen LogP contribution in [0.3, 0.4) is 0 Å². The van der Waals surface area contributed by atoms with E-state index in [2.05, 4.69) is 32.4 Å². The van der Waals surface area contributed by atoms with Gasteiger partial charge >= 0.3 is 0 Å². The van der Waals surface area contributed by atoms with Crippen LogP contribution in [0.5, 0.6) is 0 Å². The van der Waals surface area contributed by atoms with Crippen LogP contribution in [0.4, 0.5) is 4.39 Å². The molecule has 1 saturated heterocycles. The molecule has 1 aliphatic rings. The first-order chi connectivity index (χ1) is 15.6. The van der Waals surface area contributed by atoms with E-state index in [9.17, 15) is 9.18 Å². The summed E-state index contributed by atoms with van der Waals surface area (Å²) in [5.41, 5.74) is 1.64. The van der Waals surface area contributed by atoms with Crippen LogP contribution in [0.15, 0.2) is 59.8 Å². The smallest absolute Gasteiger partial charge is 0.230 e. The molecule has 0 atom stereocenters. The maximum atomic E-state index is 13.4. The van der Waals surface area contributed by atoms with E-state index >= 15 is 0 Å². The number of carbonyl (C=O) groups is 1. The van der Waals surface area contributed by atoms with Crippen molar-refractivity contribution >= 4 is 17.7 Å². The van der Waals surface area contributed by atoms with Gasteiger partial charge in [-0.05, 0) is 43.4 Å². The first-order valence-corrected chi connectivity index (χ1v) is 11.7. The molecule has 168 valence electrons. The molecule has 32 heavy (non-hydrogen) atoms. The number of para-hydroxylation sites is 1. The Kier molecular flexibility index (Phi) is 7.51. The lowest BCUT2D eigenvalue weighted by Gasteiger charge is -2.32. The van der Waals surface area contributed by atoms with E-state index in [0.29, 0.717) is 17.5 Å². The molecule has 1 N–H and O–H groups in total. The molecule has 0 saturated carbocycles. The normalized spacial score (nSPS) is 15.1. The Morgan fingerprint density at radius 3 is 2.47 bits per heavy atom. The van der Waals surface area contributed by atoms with Crippen molar-refractivity contribution in [1.82, 2.24) is 29.9 Å². The standard InChI is InChI=1S/C23H27FN6OS/c1-28-13-15-29(16-14-28)12-11-25-21(31)17-32-23-27-26-22(18-7-9-19(24)10-8-18)30(23)20-5-3-2-4-6-20/h2-10H,11-17H2,1H3,(H,25,31). The van der Waals surface area contributed by atoms with Gasteiger partial charge in [0.1, 0.15) is 5.82 Å². The van der Waals surface area contributed by atoms with Crippen LogP contribution >= 0.6 is 11.8 Å². The van der Waals surface area contributed by atoms with Gasteiger partial charge < -0.3 is 10.2 Å². The molecule has 0 spiro atoms. The zero-order valence-corrected chi connectivity index (χ0v) is 18.9. The van der Waals surface area contributed by atoms with Crippen LogP contribution in [0.2, 0.25) is 0 Å². The van der Waals surface area contributed by atoms with Gasteiger partial charge in [0.25, 0.3) is 0 Å². The zero-order valence-electron chi connectivity index (χ0n) is 18.1. The van der Waals surface area contributed by atoms with Crippen molar-refractivity contribution in [2.75, 3.05) is 52.1 Å². The summed E-state index contributed by atoms with van der Waals surface area (Å²) in [5, 5.41) is 12.3. The molecule has 1 aliphatic heterocycles. The fourth-order valence-corrected chi connectivity index (χ4v) is 4.35. The van der Waals surface area contributed by atoms with Crippen LogP contribution in [0, 0.1) is 5.82 Å². The van der Waals surface area contributed by atoms with Gasteiger partial charge in [0.15, 0.2) is 11.0 Å². The third-order valence-corrected chi connectivity index (χ3v) is 6.36. The van der Waals surface area contributed by atoms with Crippen molar-refractivity contribution in [2.45, 2.75) is 5.16 Å². The molecule has 0 aliphatic carbocycles. The summed E-state index contributed by atoms with van der Waals surface area (Å²) >= 11 is 1.34. The summed E-state index contributed by atoms with van der Waals surface area (Å²) in [6.45, 7) is 5.69. The molecule has 4 rings (SSSR count). The fourth-order valence-electron chi connectivity index (χ4n) is 3.57.